The minimum absolute atomic E-state index is 0.172. The van der Waals surface area contributed by atoms with E-state index in [9.17, 15) is 14.7 Å². The number of aliphatic hydroxyl groups is 1. The van der Waals surface area contributed by atoms with E-state index in [4.69, 9.17) is 16.0 Å². The van der Waals surface area contributed by atoms with Gasteiger partial charge >= 0.3 is 0 Å². The Hall–Kier alpha value is -1.53. The fourth-order valence-electron chi connectivity index (χ4n) is 1.98. The molecule has 6 nitrogen and oxygen atoms in total. The number of furan rings is 1. The van der Waals surface area contributed by atoms with E-state index in [1.54, 1.807) is 9.80 Å². The van der Waals surface area contributed by atoms with E-state index in [0.717, 1.165) is 0 Å². The molecule has 2 heterocycles. The van der Waals surface area contributed by atoms with Crippen LogP contribution in [0.1, 0.15) is 17.5 Å². The number of piperazine rings is 1. The zero-order valence-corrected chi connectivity index (χ0v) is 11.3. The zero-order valence-electron chi connectivity index (χ0n) is 10.5. The van der Waals surface area contributed by atoms with Crippen molar-refractivity contribution in [3.63, 3.8) is 0 Å². The summed E-state index contributed by atoms with van der Waals surface area (Å²) in [6.07, 6.45) is -1.01. The Bertz CT molecular complexity index is 478. The molecule has 0 aliphatic carbocycles. The highest BCUT2D eigenvalue weighted by molar-refractivity contribution is 6.29. The van der Waals surface area contributed by atoms with Gasteiger partial charge in [-0.1, -0.05) is 0 Å². The van der Waals surface area contributed by atoms with Gasteiger partial charge in [-0.3, -0.25) is 9.59 Å². The molecule has 0 bridgehead atoms. The van der Waals surface area contributed by atoms with Crippen molar-refractivity contribution < 1.29 is 19.1 Å². The van der Waals surface area contributed by atoms with Gasteiger partial charge in [-0.2, -0.15) is 0 Å². The average molecular weight is 287 g/mol. The summed E-state index contributed by atoms with van der Waals surface area (Å²) in [6.45, 7) is 3.07. The molecule has 0 radical (unpaired) electrons. The maximum absolute atomic E-state index is 12.0. The van der Waals surface area contributed by atoms with Crippen LogP contribution >= 0.6 is 11.6 Å². The van der Waals surface area contributed by atoms with Crippen LogP contribution in [-0.2, 0) is 4.79 Å². The first-order chi connectivity index (χ1) is 8.99. The number of hydrogen-bond donors (Lipinski definition) is 1. The highest BCUT2D eigenvalue weighted by Crippen LogP contribution is 2.16. The second-order valence-electron chi connectivity index (χ2n) is 4.40. The Morgan fingerprint density at radius 2 is 1.84 bits per heavy atom. The number of carbonyl (C=O) groups excluding carboxylic acids is 2. The number of carbonyl (C=O) groups is 2. The van der Waals surface area contributed by atoms with E-state index in [0.29, 0.717) is 26.2 Å². The van der Waals surface area contributed by atoms with Gasteiger partial charge < -0.3 is 19.3 Å². The predicted octanol–water partition coefficient (Wildman–Crippen LogP) is 0.598. The summed E-state index contributed by atoms with van der Waals surface area (Å²) in [6, 6.07) is 3.04. The van der Waals surface area contributed by atoms with Crippen molar-refractivity contribution in [2.75, 3.05) is 26.2 Å². The molecule has 1 aromatic heterocycles. The van der Waals surface area contributed by atoms with Crippen LogP contribution in [0.3, 0.4) is 0 Å². The second-order valence-corrected chi connectivity index (χ2v) is 4.77. The Labute approximate surface area is 115 Å². The van der Waals surface area contributed by atoms with Gasteiger partial charge in [-0.15, -0.1) is 0 Å². The maximum Gasteiger partial charge on any atom is 0.289 e. The number of aliphatic hydroxyl groups excluding tert-OH is 1. The topological polar surface area (TPSA) is 74.0 Å². The van der Waals surface area contributed by atoms with Gasteiger partial charge in [0, 0.05) is 26.2 Å². The molecule has 0 aromatic carbocycles. The number of amides is 2. The van der Waals surface area contributed by atoms with Gasteiger partial charge in [-0.25, -0.2) is 0 Å². The van der Waals surface area contributed by atoms with E-state index in [1.807, 2.05) is 0 Å². The molecular weight excluding hydrogens is 272 g/mol. The summed E-state index contributed by atoms with van der Waals surface area (Å²) >= 11 is 5.62. The molecule has 1 fully saturated rings. The summed E-state index contributed by atoms with van der Waals surface area (Å²) < 4.78 is 5.06. The molecule has 7 heteroatoms. The second kappa shape index (κ2) is 5.63. The Kier molecular flexibility index (Phi) is 4.11. The smallest absolute Gasteiger partial charge is 0.289 e. The highest BCUT2D eigenvalue weighted by Gasteiger charge is 2.27. The van der Waals surface area contributed by atoms with Gasteiger partial charge in [0.25, 0.3) is 11.8 Å². The Morgan fingerprint density at radius 3 is 2.32 bits per heavy atom. The van der Waals surface area contributed by atoms with E-state index in [1.165, 1.54) is 19.1 Å². The summed E-state index contributed by atoms with van der Waals surface area (Å²) in [5.74, 6) is -0.357. The molecule has 2 rings (SSSR count). The van der Waals surface area contributed by atoms with Crippen molar-refractivity contribution in [1.82, 2.24) is 9.80 Å². The third-order valence-electron chi connectivity index (χ3n) is 3.02. The lowest BCUT2D eigenvalue weighted by molar-refractivity contribution is -0.140. The normalized spacial score (nSPS) is 17.4. The third kappa shape index (κ3) is 3.08. The number of rotatable bonds is 2. The molecule has 19 heavy (non-hydrogen) atoms. The third-order valence-corrected chi connectivity index (χ3v) is 3.22. The summed E-state index contributed by atoms with van der Waals surface area (Å²) in [7, 11) is 0. The fourth-order valence-corrected chi connectivity index (χ4v) is 2.13. The molecule has 0 saturated carbocycles. The highest BCUT2D eigenvalue weighted by atomic mass is 35.5. The van der Waals surface area contributed by atoms with Crippen LogP contribution in [0.5, 0.6) is 0 Å². The Morgan fingerprint density at radius 1 is 1.26 bits per heavy atom. The molecule has 1 unspecified atom stereocenters. The predicted molar refractivity (Wildman–Crippen MR) is 67.9 cm³/mol. The van der Waals surface area contributed by atoms with Crippen LogP contribution < -0.4 is 0 Å². The largest absolute Gasteiger partial charge is 0.440 e. The van der Waals surface area contributed by atoms with Crippen molar-refractivity contribution in [2.24, 2.45) is 0 Å². The maximum atomic E-state index is 12.0. The minimum atomic E-state index is -1.01. The van der Waals surface area contributed by atoms with E-state index in [-0.39, 0.29) is 22.8 Å². The van der Waals surface area contributed by atoms with Crippen LogP contribution in [0.25, 0.3) is 0 Å². The average Bonchev–Trinajstić information content (AvgIpc) is 2.84. The minimum Gasteiger partial charge on any atom is -0.440 e. The molecule has 1 aromatic rings. The monoisotopic (exact) mass is 286 g/mol. The summed E-state index contributed by atoms with van der Waals surface area (Å²) in [5, 5.41) is 9.40. The number of nitrogens with zero attached hydrogens (tertiary/aromatic N) is 2. The van der Waals surface area contributed by atoms with Gasteiger partial charge in [0.15, 0.2) is 11.0 Å². The molecule has 104 valence electrons. The fraction of sp³-hybridized carbons (Fsp3) is 0.500. The standard InChI is InChI=1S/C12H15ClN2O4/c1-8(16)11(17)14-4-6-15(7-5-14)12(18)9-2-3-10(13)19-9/h2-3,8,16H,4-7H2,1H3. The van der Waals surface area contributed by atoms with Crippen LogP contribution in [0, 0.1) is 0 Å². The van der Waals surface area contributed by atoms with Crippen LogP contribution in [0.15, 0.2) is 16.5 Å². The van der Waals surface area contributed by atoms with Gasteiger partial charge in [0.2, 0.25) is 0 Å². The van der Waals surface area contributed by atoms with Crippen LogP contribution in [0.4, 0.5) is 0 Å². The van der Waals surface area contributed by atoms with E-state index in [2.05, 4.69) is 0 Å². The molecular formula is C12H15ClN2O4. The summed E-state index contributed by atoms with van der Waals surface area (Å²) in [5.41, 5.74) is 0. The van der Waals surface area contributed by atoms with Gasteiger partial charge in [-0.05, 0) is 30.7 Å². The lowest BCUT2D eigenvalue weighted by atomic mass is 10.2. The molecule has 1 atom stereocenters. The number of hydrogen-bond acceptors (Lipinski definition) is 4. The van der Waals surface area contributed by atoms with Gasteiger partial charge in [0.05, 0.1) is 0 Å². The molecule has 2 amide bonds. The van der Waals surface area contributed by atoms with E-state index >= 15 is 0 Å². The lowest BCUT2D eigenvalue weighted by Gasteiger charge is -2.34. The van der Waals surface area contributed by atoms with Crippen LogP contribution in [0.2, 0.25) is 5.22 Å². The van der Waals surface area contributed by atoms with Crippen molar-refractivity contribution >= 4 is 23.4 Å². The quantitative estimate of drug-likeness (QED) is 0.864. The lowest BCUT2D eigenvalue weighted by Crippen LogP contribution is -2.52. The zero-order chi connectivity index (χ0) is 14.0. The first-order valence-electron chi connectivity index (χ1n) is 6.00. The van der Waals surface area contributed by atoms with Crippen molar-refractivity contribution in [3.8, 4) is 0 Å². The van der Waals surface area contributed by atoms with Gasteiger partial charge in [0.1, 0.15) is 6.10 Å². The van der Waals surface area contributed by atoms with Crippen molar-refractivity contribution in [3.05, 3.63) is 23.1 Å². The molecule has 1 saturated heterocycles. The first kappa shape index (κ1) is 13.9. The van der Waals surface area contributed by atoms with Crippen molar-refractivity contribution in [1.29, 1.82) is 0 Å². The first-order valence-corrected chi connectivity index (χ1v) is 6.38. The molecule has 1 aliphatic rings. The molecule has 1 N–H and O–H groups in total. The summed E-state index contributed by atoms with van der Waals surface area (Å²) in [4.78, 5) is 26.8. The number of halogens is 1. The SMILES string of the molecule is CC(O)C(=O)N1CCN(C(=O)c2ccc(Cl)o2)CC1. The Balaban J connectivity index is 1.93. The van der Waals surface area contributed by atoms with Crippen molar-refractivity contribution in [2.45, 2.75) is 13.0 Å². The molecule has 0 spiro atoms. The molecule has 1 aliphatic heterocycles. The van der Waals surface area contributed by atoms with Crippen LogP contribution in [-0.4, -0.2) is 59.0 Å². The van der Waals surface area contributed by atoms with E-state index < -0.39 is 6.10 Å².